The van der Waals surface area contributed by atoms with E-state index in [9.17, 15) is 14.4 Å². The number of carbonyl (C=O) groups is 3. The highest BCUT2D eigenvalue weighted by Gasteiger charge is 2.40. The van der Waals surface area contributed by atoms with E-state index in [0.29, 0.717) is 17.8 Å². The molecule has 3 amide bonds. The summed E-state index contributed by atoms with van der Waals surface area (Å²) in [5.41, 5.74) is 5.53. The summed E-state index contributed by atoms with van der Waals surface area (Å²) in [6, 6.07) is 0.615. The second-order valence-electron chi connectivity index (χ2n) is 11.4. The molecule has 0 heterocycles. The first-order valence-corrected chi connectivity index (χ1v) is 13.7. The second-order valence-corrected chi connectivity index (χ2v) is 11.4. The number of hydrogen-bond donors (Lipinski definition) is 2. The normalized spacial score (nSPS) is 33.7. The fourth-order valence-corrected chi connectivity index (χ4v) is 6.68. The fourth-order valence-electron chi connectivity index (χ4n) is 6.68. The van der Waals surface area contributed by atoms with Crippen LogP contribution in [0.25, 0.3) is 0 Å². The van der Waals surface area contributed by atoms with Crippen molar-refractivity contribution >= 4 is 17.7 Å². The molecule has 6 nitrogen and oxygen atoms in total. The van der Waals surface area contributed by atoms with Crippen LogP contribution in [0.1, 0.15) is 111 Å². The van der Waals surface area contributed by atoms with Crippen LogP contribution in [-0.4, -0.2) is 40.7 Å². The Balaban J connectivity index is 1.76. The topological polar surface area (TPSA) is 92.5 Å². The molecule has 0 saturated heterocycles. The molecule has 3 fully saturated rings. The maximum absolute atomic E-state index is 13.9. The molecule has 7 atom stereocenters. The summed E-state index contributed by atoms with van der Waals surface area (Å²) in [6.07, 6.45) is 13.6. The van der Waals surface area contributed by atoms with Crippen LogP contribution in [0.3, 0.4) is 0 Å². The quantitative estimate of drug-likeness (QED) is 0.555. The van der Waals surface area contributed by atoms with Crippen LogP contribution in [0.2, 0.25) is 0 Å². The van der Waals surface area contributed by atoms with Crippen molar-refractivity contribution in [2.24, 2.45) is 29.4 Å². The average Bonchev–Trinajstić information content (AvgIpc) is 2.77. The third-order valence-corrected chi connectivity index (χ3v) is 8.81. The third kappa shape index (κ3) is 6.95. The van der Waals surface area contributed by atoms with Crippen LogP contribution in [0.15, 0.2) is 0 Å². The number of primary amides is 1. The van der Waals surface area contributed by atoms with Crippen molar-refractivity contribution in [3.05, 3.63) is 0 Å². The summed E-state index contributed by atoms with van der Waals surface area (Å²) in [7, 11) is 0. The number of hydrogen-bond acceptors (Lipinski definition) is 3. The highest BCUT2D eigenvalue weighted by Crippen LogP contribution is 2.36. The van der Waals surface area contributed by atoms with E-state index in [-0.39, 0.29) is 42.8 Å². The standard InChI is InChI=1S/C27H47N3O3/c1-18-10-4-7-13-22(18)29-27(33)21(16-25(28)31)17-26(32)30(23-14-8-5-11-19(23)2)24-15-9-6-12-20(24)3/h18-24H,4-17H2,1-3H3,(H2,28,31)(H,29,33). The minimum absolute atomic E-state index is 0.0468. The van der Waals surface area contributed by atoms with Crippen LogP contribution in [-0.2, 0) is 14.4 Å². The van der Waals surface area contributed by atoms with Crippen LogP contribution in [0, 0.1) is 23.7 Å². The van der Waals surface area contributed by atoms with Crippen molar-refractivity contribution in [1.29, 1.82) is 0 Å². The van der Waals surface area contributed by atoms with Gasteiger partial charge in [-0.25, -0.2) is 0 Å². The van der Waals surface area contributed by atoms with Gasteiger partial charge in [-0.1, -0.05) is 59.3 Å². The number of nitrogens with two attached hydrogens (primary N) is 1. The Labute approximate surface area is 200 Å². The van der Waals surface area contributed by atoms with E-state index in [1.165, 1.54) is 19.3 Å². The van der Waals surface area contributed by atoms with Gasteiger partial charge in [0.1, 0.15) is 0 Å². The highest BCUT2D eigenvalue weighted by atomic mass is 16.2. The van der Waals surface area contributed by atoms with Gasteiger partial charge in [-0.2, -0.15) is 0 Å². The second kappa shape index (κ2) is 12.2. The molecule has 33 heavy (non-hydrogen) atoms. The van der Waals surface area contributed by atoms with Gasteiger partial charge >= 0.3 is 0 Å². The first kappa shape index (κ1) is 26.0. The maximum atomic E-state index is 13.9. The summed E-state index contributed by atoms with van der Waals surface area (Å²) in [6.45, 7) is 6.72. The summed E-state index contributed by atoms with van der Waals surface area (Å²) in [4.78, 5) is 41.1. The molecule has 0 aromatic rings. The van der Waals surface area contributed by atoms with Crippen molar-refractivity contribution < 1.29 is 14.4 Å². The summed E-state index contributed by atoms with van der Waals surface area (Å²) >= 11 is 0. The van der Waals surface area contributed by atoms with E-state index in [2.05, 4.69) is 31.0 Å². The van der Waals surface area contributed by atoms with Gasteiger partial charge in [0.05, 0.1) is 5.92 Å². The van der Waals surface area contributed by atoms with Crippen LogP contribution < -0.4 is 11.1 Å². The lowest BCUT2D eigenvalue weighted by atomic mass is 9.79. The van der Waals surface area contributed by atoms with Gasteiger partial charge in [-0.15, -0.1) is 0 Å². The zero-order valence-electron chi connectivity index (χ0n) is 21.2. The minimum Gasteiger partial charge on any atom is -0.370 e. The largest absolute Gasteiger partial charge is 0.370 e. The first-order valence-electron chi connectivity index (χ1n) is 13.7. The van der Waals surface area contributed by atoms with Crippen molar-refractivity contribution in [2.45, 2.75) is 129 Å². The van der Waals surface area contributed by atoms with E-state index >= 15 is 0 Å². The Bertz CT molecular complexity index is 660. The molecule has 3 rings (SSSR count). The zero-order chi connectivity index (χ0) is 24.0. The average molecular weight is 462 g/mol. The Morgan fingerprint density at radius 1 is 0.758 bits per heavy atom. The summed E-state index contributed by atoms with van der Waals surface area (Å²) in [5.74, 6) is 0.0643. The van der Waals surface area contributed by atoms with Crippen LogP contribution in [0.5, 0.6) is 0 Å². The molecule has 3 aliphatic carbocycles. The van der Waals surface area contributed by atoms with Crippen molar-refractivity contribution in [2.75, 3.05) is 0 Å². The third-order valence-electron chi connectivity index (χ3n) is 8.81. The van der Waals surface area contributed by atoms with Gasteiger partial charge in [0.25, 0.3) is 0 Å². The SMILES string of the molecule is CC1CCCCC1NC(=O)C(CC(N)=O)CC(=O)N(C1CCCCC1C)C1CCCCC1C. The minimum atomic E-state index is -0.676. The number of nitrogens with zero attached hydrogens (tertiary/aromatic N) is 1. The van der Waals surface area contributed by atoms with E-state index in [4.69, 9.17) is 5.73 Å². The monoisotopic (exact) mass is 461 g/mol. The molecule has 0 bridgehead atoms. The Morgan fingerprint density at radius 2 is 1.24 bits per heavy atom. The Morgan fingerprint density at radius 3 is 1.73 bits per heavy atom. The molecule has 7 unspecified atom stereocenters. The van der Waals surface area contributed by atoms with Gasteiger partial charge in [0.15, 0.2) is 0 Å². The van der Waals surface area contributed by atoms with E-state index < -0.39 is 11.8 Å². The molecule has 3 N–H and O–H groups in total. The van der Waals surface area contributed by atoms with Crippen LogP contribution >= 0.6 is 0 Å². The molecular formula is C27H47N3O3. The molecule has 3 saturated carbocycles. The van der Waals surface area contributed by atoms with Crippen molar-refractivity contribution in [3.63, 3.8) is 0 Å². The van der Waals surface area contributed by atoms with Gasteiger partial charge in [0.2, 0.25) is 17.7 Å². The van der Waals surface area contributed by atoms with Gasteiger partial charge < -0.3 is 16.0 Å². The van der Waals surface area contributed by atoms with Gasteiger partial charge in [0, 0.05) is 31.0 Å². The molecule has 0 aliphatic heterocycles. The van der Waals surface area contributed by atoms with E-state index in [1.54, 1.807) is 0 Å². The molecule has 0 aromatic carbocycles. The summed E-state index contributed by atoms with van der Waals surface area (Å²) in [5, 5.41) is 3.18. The number of rotatable bonds is 8. The maximum Gasteiger partial charge on any atom is 0.224 e. The predicted octanol–water partition coefficient (Wildman–Crippen LogP) is 4.55. The molecular weight excluding hydrogens is 414 g/mol. The highest BCUT2D eigenvalue weighted by molar-refractivity contribution is 5.90. The van der Waals surface area contributed by atoms with Gasteiger partial charge in [-0.05, 0) is 56.3 Å². The number of carbonyl (C=O) groups excluding carboxylic acids is 3. The molecule has 0 radical (unpaired) electrons. The Kier molecular flexibility index (Phi) is 9.63. The van der Waals surface area contributed by atoms with Crippen molar-refractivity contribution in [1.82, 2.24) is 10.2 Å². The lowest BCUT2D eigenvalue weighted by molar-refractivity contribution is -0.145. The molecule has 3 aliphatic rings. The molecule has 188 valence electrons. The smallest absolute Gasteiger partial charge is 0.224 e. The van der Waals surface area contributed by atoms with Crippen molar-refractivity contribution in [3.8, 4) is 0 Å². The number of nitrogens with one attached hydrogen (secondary N) is 1. The molecule has 0 spiro atoms. The van der Waals surface area contributed by atoms with E-state index in [1.807, 2.05) is 0 Å². The zero-order valence-corrected chi connectivity index (χ0v) is 21.2. The molecule has 6 heteroatoms. The lowest BCUT2D eigenvalue weighted by Gasteiger charge is -2.47. The predicted molar refractivity (Wildman–Crippen MR) is 131 cm³/mol. The van der Waals surface area contributed by atoms with E-state index in [0.717, 1.165) is 57.8 Å². The Hall–Kier alpha value is -1.59. The summed E-state index contributed by atoms with van der Waals surface area (Å²) < 4.78 is 0. The first-order chi connectivity index (χ1) is 15.8. The number of amides is 3. The van der Waals surface area contributed by atoms with Gasteiger partial charge in [-0.3, -0.25) is 14.4 Å². The molecule has 0 aromatic heterocycles. The fraction of sp³-hybridized carbons (Fsp3) is 0.889. The van der Waals surface area contributed by atoms with Crippen LogP contribution in [0.4, 0.5) is 0 Å². The lowest BCUT2D eigenvalue weighted by Crippen LogP contribution is -2.54.